The van der Waals surface area contributed by atoms with Gasteiger partial charge in [-0.1, -0.05) is 0 Å². The van der Waals surface area contributed by atoms with Gasteiger partial charge in [0, 0.05) is 17.6 Å². The summed E-state index contributed by atoms with van der Waals surface area (Å²) in [5.74, 6) is 0.00262. The van der Waals surface area contributed by atoms with E-state index < -0.39 is 24.6 Å². The van der Waals surface area contributed by atoms with Crippen molar-refractivity contribution in [3.05, 3.63) is 35.5 Å². The van der Waals surface area contributed by atoms with Crippen LogP contribution in [-0.4, -0.2) is 41.9 Å². The molecule has 0 unspecified atom stereocenters. The molecule has 0 aliphatic carbocycles. The van der Waals surface area contributed by atoms with Crippen LogP contribution in [0.3, 0.4) is 0 Å². The minimum Gasteiger partial charge on any atom is -0.497 e. The SMILES string of the molecule is COc1ccc2nc(C)cc(C(=O)NCC[C@@H](O)C(F)(F)F)c2c1. The summed E-state index contributed by atoms with van der Waals surface area (Å²) >= 11 is 0. The number of aliphatic hydroxyl groups excluding tert-OH is 1. The molecule has 0 fully saturated rings. The van der Waals surface area contributed by atoms with Crippen molar-refractivity contribution in [2.24, 2.45) is 0 Å². The molecule has 8 heteroatoms. The number of alkyl halides is 3. The van der Waals surface area contributed by atoms with Gasteiger partial charge in [-0.05, 0) is 37.6 Å². The first-order valence-electron chi connectivity index (χ1n) is 7.20. The number of aliphatic hydroxyl groups is 1. The number of nitrogens with one attached hydrogen (secondary N) is 1. The molecule has 130 valence electrons. The molecule has 0 spiro atoms. The Hall–Kier alpha value is -2.35. The first kappa shape index (κ1) is 18.0. The van der Waals surface area contributed by atoms with Gasteiger partial charge in [0.25, 0.3) is 5.91 Å². The van der Waals surface area contributed by atoms with E-state index in [1.165, 1.54) is 7.11 Å². The smallest absolute Gasteiger partial charge is 0.414 e. The van der Waals surface area contributed by atoms with E-state index in [9.17, 15) is 18.0 Å². The largest absolute Gasteiger partial charge is 0.497 e. The van der Waals surface area contributed by atoms with Crippen molar-refractivity contribution in [2.45, 2.75) is 25.6 Å². The minimum atomic E-state index is -4.70. The number of carbonyl (C=O) groups excluding carboxylic acids is 1. The van der Waals surface area contributed by atoms with Gasteiger partial charge in [-0.3, -0.25) is 9.78 Å². The van der Waals surface area contributed by atoms with Crippen LogP contribution in [0.2, 0.25) is 0 Å². The number of aromatic nitrogens is 1. The summed E-state index contributed by atoms with van der Waals surface area (Å²) in [6, 6.07) is 6.60. The fourth-order valence-corrected chi connectivity index (χ4v) is 2.23. The van der Waals surface area contributed by atoms with Crippen molar-refractivity contribution < 1.29 is 27.8 Å². The van der Waals surface area contributed by atoms with Gasteiger partial charge in [0.05, 0.1) is 18.2 Å². The first-order chi connectivity index (χ1) is 11.2. The summed E-state index contributed by atoms with van der Waals surface area (Å²) in [6.07, 6.45) is -7.77. The normalized spacial score (nSPS) is 12.9. The van der Waals surface area contributed by atoms with Gasteiger partial charge >= 0.3 is 6.18 Å². The lowest BCUT2D eigenvalue weighted by Crippen LogP contribution is -2.34. The number of ether oxygens (including phenoxy) is 1. The third-order valence-corrected chi connectivity index (χ3v) is 3.47. The molecular weight excluding hydrogens is 325 g/mol. The molecule has 1 amide bonds. The van der Waals surface area contributed by atoms with Crippen molar-refractivity contribution in [3.63, 3.8) is 0 Å². The number of rotatable bonds is 5. The summed E-state index contributed by atoms with van der Waals surface area (Å²) in [5, 5.41) is 11.9. The van der Waals surface area contributed by atoms with Gasteiger partial charge in [-0.2, -0.15) is 13.2 Å². The zero-order valence-electron chi connectivity index (χ0n) is 13.1. The van der Waals surface area contributed by atoms with Crippen molar-refractivity contribution in [3.8, 4) is 5.75 Å². The van der Waals surface area contributed by atoms with Crippen LogP contribution < -0.4 is 10.1 Å². The zero-order valence-corrected chi connectivity index (χ0v) is 13.1. The Morgan fingerprint density at radius 3 is 2.71 bits per heavy atom. The molecule has 24 heavy (non-hydrogen) atoms. The average Bonchev–Trinajstić information content (AvgIpc) is 2.52. The Balaban J connectivity index is 2.19. The molecule has 0 aliphatic heterocycles. The van der Waals surface area contributed by atoms with Crippen LogP contribution in [0, 0.1) is 6.92 Å². The van der Waals surface area contributed by atoms with Crippen LogP contribution in [0.4, 0.5) is 13.2 Å². The Morgan fingerprint density at radius 2 is 2.08 bits per heavy atom. The molecule has 1 atom stereocenters. The lowest BCUT2D eigenvalue weighted by Gasteiger charge is -2.15. The number of halogens is 3. The third-order valence-electron chi connectivity index (χ3n) is 3.47. The topological polar surface area (TPSA) is 71.5 Å². The first-order valence-corrected chi connectivity index (χ1v) is 7.20. The van der Waals surface area contributed by atoms with Crippen molar-refractivity contribution >= 4 is 16.8 Å². The number of hydrogen-bond acceptors (Lipinski definition) is 4. The fraction of sp³-hybridized carbons (Fsp3) is 0.375. The molecule has 0 bridgehead atoms. The van der Waals surface area contributed by atoms with Crippen LogP contribution in [0.1, 0.15) is 22.5 Å². The molecular formula is C16H17F3N2O3. The van der Waals surface area contributed by atoms with E-state index in [2.05, 4.69) is 10.3 Å². The second-order valence-electron chi connectivity index (χ2n) is 5.30. The van der Waals surface area contributed by atoms with E-state index in [4.69, 9.17) is 9.84 Å². The number of fused-ring (bicyclic) bond motifs is 1. The summed E-state index contributed by atoms with van der Waals surface area (Å²) in [6.45, 7) is 1.42. The monoisotopic (exact) mass is 342 g/mol. The van der Waals surface area contributed by atoms with Crippen LogP contribution in [0.25, 0.3) is 10.9 Å². The Morgan fingerprint density at radius 1 is 1.38 bits per heavy atom. The number of pyridine rings is 1. The van der Waals surface area contributed by atoms with Crippen molar-refractivity contribution in [1.29, 1.82) is 0 Å². The number of carbonyl (C=O) groups is 1. The second-order valence-corrected chi connectivity index (χ2v) is 5.30. The number of nitrogens with zero attached hydrogens (tertiary/aromatic N) is 1. The van der Waals surface area contributed by atoms with Crippen molar-refractivity contribution in [1.82, 2.24) is 10.3 Å². The van der Waals surface area contributed by atoms with Crippen LogP contribution in [0.5, 0.6) is 5.75 Å². The minimum absolute atomic E-state index is 0.290. The predicted octanol–water partition coefficient (Wildman–Crippen LogP) is 2.59. The predicted molar refractivity (Wildman–Crippen MR) is 82.0 cm³/mol. The number of amides is 1. The highest BCUT2D eigenvalue weighted by Gasteiger charge is 2.37. The van der Waals surface area contributed by atoms with E-state index in [-0.39, 0.29) is 12.1 Å². The number of methoxy groups -OCH3 is 1. The molecule has 5 nitrogen and oxygen atoms in total. The quantitative estimate of drug-likeness (QED) is 0.876. The van der Waals surface area contributed by atoms with Crippen LogP contribution >= 0.6 is 0 Å². The van der Waals surface area contributed by atoms with E-state index in [1.54, 1.807) is 31.2 Å². The van der Waals surface area contributed by atoms with E-state index in [0.29, 0.717) is 22.3 Å². The Labute approximate surface area is 136 Å². The standard InChI is InChI=1S/C16H17F3N2O3/c1-9-7-12(11-8-10(24-2)3-4-13(11)21-9)15(23)20-6-5-14(22)16(17,18)19/h3-4,7-8,14,22H,5-6H2,1-2H3,(H,20,23)/t14-/m1/s1. The summed E-state index contributed by atoms with van der Waals surface area (Å²) in [5.41, 5.74) is 1.47. The maximum atomic E-state index is 12.3. The molecule has 0 radical (unpaired) electrons. The number of aryl methyl sites for hydroxylation is 1. The van der Waals surface area contributed by atoms with Gasteiger partial charge in [-0.15, -0.1) is 0 Å². The highest BCUT2D eigenvalue weighted by Crippen LogP contribution is 2.24. The van der Waals surface area contributed by atoms with Gasteiger partial charge in [0.15, 0.2) is 6.10 Å². The molecule has 1 aromatic carbocycles. The second kappa shape index (κ2) is 7.04. The molecule has 2 N–H and O–H groups in total. The maximum absolute atomic E-state index is 12.3. The average molecular weight is 342 g/mol. The van der Waals surface area contributed by atoms with E-state index >= 15 is 0 Å². The third kappa shape index (κ3) is 4.14. The Kier molecular flexibility index (Phi) is 5.28. The molecule has 1 heterocycles. The van der Waals surface area contributed by atoms with Crippen LogP contribution in [-0.2, 0) is 0 Å². The molecule has 0 saturated carbocycles. The van der Waals surface area contributed by atoms with Gasteiger partial charge in [-0.25, -0.2) is 0 Å². The summed E-state index contributed by atoms with van der Waals surface area (Å²) in [4.78, 5) is 16.6. The fourth-order valence-electron chi connectivity index (χ4n) is 2.23. The number of benzene rings is 1. The highest BCUT2D eigenvalue weighted by atomic mass is 19.4. The Bertz CT molecular complexity index is 747. The highest BCUT2D eigenvalue weighted by molar-refractivity contribution is 6.06. The lowest BCUT2D eigenvalue weighted by molar-refractivity contribution is -0.204. The zero-order chi connectivity index (χ0) is 17.9. The molecule has 0 aliphatic rings. The molecule has 2 rings (SSSR count). The molecule has 2 aromatic rings. The molecule has 1 aromatic heterocycles. The van der Waals surface area contributed by atoms with Gasteiger partial charge in [0.1, 0.15) is 5.75 Å². The van der Waals surface area contributed by atoms with E-state index in [0.717, 1.165) is 0 Å². The maximum Gasteiger partial charge on any atom is 0.414 e. The van der Waals surface area contributed by atoms with Crippen LogP contribution in [0.15, 0.2) is 24.3 Å². The summed E-state index contributed by atoms with van der Waals surface area (Å²) in [7, 11) is 1.49. The van der Waals surface area contributed by atoms with E-state index in [1.807, 2.05) is 0 Å². The molecule has 0 saturated heterocycles. The van der Waals surface area contributed by atoms with Gasteiger partial charge < -0.3 is 15.2 Å². The van der Waals surface area contributed by atoms with Gasteiger partial charge in [0.2, 0.25) is 0 Å². The van der Waals surface area contributed by atoms with Crippen molar-refractivity contribution in [2.75, 3.05) is 13.7 Å². The lowest BCUT2D eigenvalue weighted by atomic mass is 10.1. The number of hydrogen-bond donors (Lipinski definition) is 2. The summed E-state index contributed by atoms with van der Waals surface area (Å²) < 4.78 is 41.9.